The molecule has 0 radical (unpaired) electrons. The van der Waals surface area contributed by atoms with Gasteiger partial charge in [-0.2, -0.15) is 0 Å². The first-order valence-corrected chi connectivity index (χ1v) is 5.79. The molecule has 0 fully saturated rings. The molecule has 16 heavy (non-hydrogen) atoms. The number of nitrogens with zero attached hydrogens (tertiary/aromatic N) is 1. The minimum absolute atomic E-state index is 0.262. The van der Waals surface area contributed by atoms with Gasteiger partial charge in [-0.15, -0.1) is 0 Å². The number of benzene rings is 1. The van der Waals surface area contributed by atoms with Gasteiger partial charge >= 0.3 is 6.09 Å². The number of carbonyl (C=O) groups excluding carboxylic acids is 1. The highest BCUT2D eigenvalue weighted by Crippen LogP contribution is 2.15. The molecule has 0 aliphatic heterocycles. The predicted octanol–water partition coefficient (Wildman–Crippen LogP) is 3.45. The fourth-order valence-electron chi connectivity index (χ4n) is 1.45. The van der Waals surface area contributed by atoms with Gasteiger partial charge in [0.05, 0.1) is 6.61 Å². The third-order valence-electron chi connectivity index (χ3n) is 2.29. The van der Waals surface area contributed by atoms with E-state index in [0.717, 1.165) is 18.5 Å². The molecule has 3 nitrogen and oxygen atoms in total. The molecule has 0 saturated heterocycles. The lowest BCUT2D eigenvalue weighted by molar-refractivity contribution is 0.159. The minimum Gasteiger partial charge on any atom is -0.449 e. The third-order valence-corrected chi connectivity index (χ3v) is 2.29. The van der Waals surface area contributed by atoms with Crippen LogP contribution in [0.1, 0.15) is 26.7 Å². The molecule has 0 aromatic heterocycles. The van der Waals surface area contributed by atoms with Crippen molar-refractivity contribution in [3.05, 3.63) is 30.3 Å². The quantitative estimate of drug-likeness (QED) is 0.762. The number of carbonyl (C=O) groups is 1. The van der Waals surface area contributed by atoms with E-state index in [1.54, 1.807) is 4.90 Å². The monoisotopic (exact) mass is 221 g/mol. The van der Waals surface area contributed by atoms with Crippen LogP contribution < -0.4 is 4.90 Å². The number of anilines is 1. The number of rotatable bonds is 5. The molecule has 0 N–H and O–H groups in total. The van der Waals surface area contributed by atoms with E-state index in [2.05, 4.69) is 6.92 Å². The van der Waals surface area contributed by atoms with Crippen molar-refractivity contribution in [2.45, 2.75) is 26.7 Å². The van der Waals surface area contributed by atoms with Crippen molar-refractivity contribution in [1.29, 1.82) is 0 Å². The Morgan fingerprint density at radius 3 is 2.50 bits per heavy atom. The Bertz CT molecular complexity index is 311. The molecule has 1 aromatic carbocycles. The van der Waals surface area contributed by atoms with E-state index >= 15 is 0 Å². The fourth-order valence-corrected chi connectivity index (χ4v) is 1.45. The molecule has 1 aromatic rings. The van der Waals surface area contributed by atoms with E-state index in [1.807, 2.05) is 37.3 Å². The Kier molecular flexibility index (Phi) is 5.40. The SMILES string of the molecule is CCCCN(C(=O)OCC)c1ccccc1. The van der Waals surface area contributed by atoms with Gasteiger partial charge in [-0.05, 0) is 25.5 Å². The van der Waals surface area contributed by atoms with Gasteiger partial charge in [-0.3, -0.25) is 4.90 Å². The van der Waals surface area contributed by atoms with Gasteiger partial charge in [0.1, 0.15) is 0 Å². The molecular formula is C13H19NO2. The summed E-state index contributed by atoms with van der Waals surface area (Å²) in [5.41, 5.74) is 0.898. The lowest BCUT2D eigenvalue weighted by atomic mass is 10.2. The largest absolute Gasteiger partial charge is 0.449 e. The van der Waals surface area contributed by atoms with Crippen molar-refractivity contribution in [1.82, 2.24) is 0 Å². The van der Waals surface area contributed by atoms with Crippen molar-refractivity contribution in [3.8, 4) is 0 Å². The second kappa shape index (κ2) is 6.88. The summed E-state index contributed by atoms with van der Waals surface area (Å²) in [4.78, 5) is 13.4. The average molecular weight is 221 g/mol. The average Bonchev–Trinajstić information content (AvgIpc) is 2.31. The van der Waals surface area contributed by atoms with Crippen molar-refractivity contribution in [2.75, 3.05) is 18.1 Å². The van der Waals surface area contributed by atoms with E-state index in [-0.39, 0.29) is 6.09 Å². The normalized spacial score (nSPS) is 9.88. The zero-order valence-electron chi connectivity index (χ0n) is 9.98. The number of amides is 1. The number of ether oxygens (including phenoxy) is 1. The Labute approximate surface area is 97.0 Å². The van der Waals surface area contributed by atoms with Gasteiger partial charge in [0.25, 0.3) is 0 Å². The van der Waals surface area contributed by atoms with Crippen LogP contribution in [0.2, 0.25) is 0 Å². The van der Waals surface area contributed by atoms with Crippen LogP contribution in [0, 0.1) is 0 Å². The van der Waals surface area contributed by atoms with Crippen molar-refractivity contribution >= 4 is 11.8 Å². The van der Waals surface area contributed by atoms with E-state index in [4.69, 9.17) is 4.74 Å². The van der Waals surface area contributed by atoms with Crippen LogP contribution in [0.3, 0.4) is 0 Å². The molecule has 1 amide bonds. The highest BCUT2D eigenvalue weighted by atomic mass is 16.6. The molecule has 0 unspecified atom stereocenters. The number of hydrogen-bond donors (Lipinski definition) is 0. The summed E-state index contributed by atoms with van der Waals surface area (Å²) >= 11 is 0. The van der Waals surface area contributed by atoms with E-state index in [1.165, 1.54) is 0 Å². The van der Waals surface area contributed by atoms with E-state index < -0.39 is 0 Å². The molecule has 0 atom stereocenters. The molecule has 0 bridgehead atoms. The molecule has 1 rings (SSSR count). The molecule has 0 aliphatic carbocycles. The summed E-state index contributed by atoms with van der Waals surface area (Å²) in [6.07, 6.45) is 1.78. The summed E-state index contributed by atoms with van der Waals surface area (Å²) in [5, 5.41) is 0. The van der Waals surface area contributed by atoms with Crippen molar-refractivity contribution in [3.63, 3.8) is 0 Å². The van der Waals surface area contributed by atoms with Crippen LogP contribution in [0.4, 0.5) is 10.5 Å². The van der Waals surface area contributed by atoms with Crippen molar-refractivity contribution in [2.24, 2.45) is 0 Å². The van der Waals surface area contributed by atoms with Crippen LogP contribution in [0.15, 0.2) is 30.3 Å². The number of unbranched alkanes of at least 4 members (excludes halogenated alkanes) is 1. The second-order valence-corrected chi connectivity index (χ2v) is 3.54. The van der Waals surface area contributed by atoms with Crippen LogP contribution in [0.5, 0.6) is 0 Å². The Hall–Kier alpha value is -1.51. The summed E-state index contributed by atoms with van der Waals surface area (Å²) in [6.45, 7) is 5.04. The maximum Gasteiger partial charge on any atom is 0.414 e. The molecule has 0 aliphatic rings. The lowest BCUT2D eigenvalue weighted by Crippen LogP contribution is -2.32. The predicted molar refractivity (Wildman–Crippen MR) is 65.7 cm³/mol. The van der Waals surface area contributed by atoms with E-state index in [9.17, 15) is 4.79 Å². The van der Waals surface area contributed by atoms with Gasteiger partial charge < -0.3 is 4.74 Å². The Balaban J connectivity index is 2.74. The maximum atomic E-state index is 11.8. The lowest BCUT2D eigenvalue weighted by Gasteiger charge is -2.21. The maximum absolute atomic E-state index is 11.8. The van der Waals surface area contributed by atoms with Crippen LogP contribution in [-0.4, -0.2) is 19.2 Å². The summed E-state index contributed by atoms with van der Waals surface area (Å²) in [6, 6.07) is 9.63. The Morgan fingerprint density at radius 2 is 1.94 bits per heavy atom. The highest BCUT2D eigenvalue weighted by molar-refractivity contribution is 5.87. The zero-order valence-corrected chi connectivity index (χ0v) is 9.98. The first-order chi connectivity index (χ1) is 7.79. The van der Waals surface area contributed by atoms with Crippen molar-refractivity contribution < 1.29 is 9.53 Å². The van der Waals surface area contributed by atoms with Gasteiger partial charge in [0.2, 0.25) is 0 Å². The number of para-hydroxylation sites is 1. The molecule has 3 heteroatoms. The third kappa shape index (κ3) is 3.57. The molecular weight excluding hydrogens is 202 g/mol. The van der Waals surface area contributed by atoms with Gasteiger partial charge in [0, 0.05) is 12.2 Å². The topological polar surface area (TPSA) is 29.5 Å². The fraction of sp³-hybridized carbons (Fsp3) is 0.462. The zero-order chi connectivity index (χ0) is 11.8. The minimum atomic E-state index is -0.262. The Morgan fingerprint density at radius 1 is 1.25 bits per heavy atom. The molecule has 88 valence electrons. The van der Waals surface area contributed by atoms with Crippen LogP contribution >= 0.6 is 0 Å². The van der Waals surface area contributed by atoms with Crippen LogP contribution in [0.25, 0.3) is 0 Å². The second-order valence-electron chi connectivity index (χ2n) is 3.54. The summed E-state index contributed by atoms with van der Waals surface area (Å²) < 4.78 is 5.04. The summed E-state index contributed by atoms with van der Waals surface area (Å²) in [5.74, 6) is 0. The first kappa shape index (κ1) is 12.6. The highest BCUT2D eigenvalue weighted by Gasteiger charge is 2.15. The number of hydrogen-bond acceptors (Lipinski definition) is 2. The van der Waals surface area contributed by atoms with Gasteiger partial charge in [-0.25, -0.2) is 4.79 Å². The standard InChI is InChI=1S/C13H19NO2/c1-3-5-11-14(13(15)16-4-2)12-9-7-6-8-10-12/h6-10H,3-5,11H2,1-2H3. The van der Waals surface area contributed by atoms with Crippen LogP contribution in [-0.2, 0) is 4.74 Å². The molecule has 0 heterocycles. The smallest absolute Gasteiger partial charge is 0.414 e. The van der Waals surface area contributed by atoms with E-state index in [0.29, 0.717) is 13.2 Å². The van der Waals surface area contributed by atoms with Gasteiger partial charge in [0.15, 0.2) is 0 Å². The first-order valence-electron chi connectivity index (χ1n) is 5.79. The van der Waals surface area contributed by atoms with Gasteiger partial charge in [-0.1, -0.05) is 31.5 Å². The summed E-state index contributed by atoms with van der Waals surface area (Å²) in [7, 11) is 0. The molecule has 0 saturated carbocycles. The molecule has 0 spiro atoms.